The van der Waals surface area contributed by atoms with Gasteiger partial charge in [0.25, 0.3) is 0 Å². The van der Waals surface area contributed by atoms with E-state index < -0.39 is 12.3 Å². The minimum atomic E-state index is -1.02. The van der Waals surface area contributed by atoms with Crippen LogP contribution in [0, 0.1) is 0 Å². The van der Waals surface area contributed by atoms with E-state index in [2.05, 4.69) is 10.2 Å². The molecule has 0 spiro atoms. The average Bonchev–Trinajstić information content (AvgIpc) is 3.34. The summed E-state index contributed by atoms with van der Waals surface area (Å²) in [5.41, 5.74) is 3.10. The van der Waals surface area contributed by atoms with Crippen LogP contribution in [0.15, 0.2) is 48.5 Å². The Labute approximate surface area is 210 Å². The second kappa shape index (κ2) is 12.4. The number of nitrogens with one attached hydrogen (secondary N) is 1. The molecule has 2 aromatic rings. The van der Waals surface area contributed by atoms with E-state index in [1.54, 1.807) is 18.2 Å². The van der Waals surface area contributed by atoms with Crippen LogP contribution in [0.5, 0.6) is 0 Å². The van der Waals surface area contributed by atoms with E-state index >= 15 is 0 Å². The Morgan fingerprint density at radius 3 is 2.56 bits per heavy atom. The van der Waals surface area contributed by atoms with Crippen LogP contribution in [-0.4, -0.2) is 63.9 Å². The van der Waals surface area contributed by atoms with Crippen molar-refractivity contribution in [3.63, 3.8) is 0 Å². The Kier molecular flexibility index (Phi) is 9.06. The van der Waals surface area contributed by atoms with Gasteiger partial charge in [-0.25, -0.2) is 0 Å². The van der Waals surface area contributed by atoms with Crippen molar-refractivity contribution >= 4 is 17.6 Å². The minimum absolute atomic E-state index is 0.0251. The fourth-order valence-corrected chi connectivity index (χ4v) is 4.84. The van der Waals surface area contributed by atoms with Crippen LogP contribution in [0.3, 0.4) is 0 Å². The summed E-state index contributed by atoms with van der Waals surface area (Å²) in [5, 5.41) is 30.7. The number of aliphatic hydroxyl groups is 2. The van der Waals surface area contributed by atoms with Gasteiger partial charge in [-0.3, -0.25) is 14.5 Å². The maximum atomic E-state index is 12.1. The van der Waals surface area contributed by atoms with Gasteiger partial charge in [0.05, 0.1) is 31.8 Å². The third-order valence-electron chi connectivity index (χ3n) is 6.77. The fraction of sp³-hybridized carbons (Fsp3) is 0.481. The fourth-order valence-electron chi connectivity index (χ4n) is 4.84. The molecule has 2 aliphatic rings. The van der Waals surface area contributed by atoms with Gasteiger partial charge in [-0.2, -0.15) is 0 Å². The Hall–Kier alpha value is -2.82. The van der Waals surface area contributed by atoms with Crippen LogP contribution in [0.25, 0.3) is 0 Å². The number of carbonyl (C=O) groups excluding carboxylic acids is 1. The first kappa shape index (κ1) is 26.2. The molecule has 4 N–H and O–H groups in total. The molecule has 2 aromatic carbocycles. The molecule has 4 unspecified atom stereocenters. The average molecular weight is 499 g/mol. The van der Waals surface area contributed by atoms with Crippen LogP contribution >= 0.6 is 0 Å². The molecule has 2 saturated heterocycles. The van der Waals surface area contributed by atoms with Crippen molar-refractivity contribution in [2.24, 2.45) is 0 Å². The number of aliphatic hydroxyl groups excluding tert-OH is 2. The van der Waals surface area contributed by atoms with Gasteiger partial charge in [-0.1, -0.05) is 36.4 Å². The van der Waals surface area contributed by atoms with E-state index in [-0.39, 0.29) is 50.2 Å². The van der Waals surface area contributed by atoms with E-state index in [1.165, 1.54) is 0 Å². The predicted octanol–water partition coefficient (Wildman–Crippen LogP) is 2.98. The van der Waals surface area contributed by atoms with Crippen LogP contribution < -0.4 is 5.32 Å². The largest absolute Gasteiger partial charge is 0.481 e. The SMILES string of the molecule is O=C(O)CCC(=O)Nc1cccc(C2OC(CN3CCCC3CO)CC(c3ccc(CO)cc3)O2)c1. The number of carbonyl (C=O) groups is 2. The van der Waals surface area contributed by atoms with Crippen molar-refractivity contribution < 1.29 is 34.4 Å². The number of aliphatic carboxylic acids is 1. The van der Waals surface area contributed by atoms with Gasteiger partial charge in [-0.15, -0.1) is 0 Å². The molecule has 2 aliphatic heterocycles. The van der Waals surface area contributed by atoms with E-state index in [4.69, 9.17) is 14.6 Å². The van der Waals surface area contributed by atoms with Crippen molar-refractivity contribution in [3.05, 3.63) is 65.2 Å². The van der Waals surface area contributed by atoms with Crippen LogP contribution in [0.4, 0.5) is 5.69 Å². The van der Waals surface area contributed by atoms with Crippen LogP contribution in [-0.2, 0) is 25.7 Å². The van der Waals surface area contributed by atoms with Crippen molar-refractivity contribution in [2.45, 2.75) is 63.3 Å². The molecule has 36 heavy (non-hydrogen) atoms. The number of hydrogen-bond donors (Lipinski definition) is 4. The smallest absolute Gasteiger partial charge is 0.303 e. The molecule has 0 bridgehead atoms. The summed E-state index contributed by atoms with van der Waals surface area (Å²) >= 11 is 0. The third kappa shape index (κ3) is 6.89. The normalized spacial score (nSPS) is 24.5. The lowest BCUT2D eigenvalue weighted by molar-refractivity contribution is -0.253. The molecular formula is C27H34N2O7. The number of carboxylic acids is 1. The molecule has 0 aromatic heterocycles. The van der Waals surface area contributed by atoms with Crippen LogP contribution in [0.1, 0.15) is 61.2 Å². The molecule has 1 amide bonds. The quantitative estimate of drug-likeness (QED) is 0.394. The van der Waals surface area contributed by atoms with Crippen molar-refractivity contribution in [2.75, 3.05) is 25.0 Å². The standard InChI is InChI=1S/C27H34N2O7/c30-16-18-6-8-19(9-7-18)24-14-23(15-29-12-2-5-22(29)17-31)35-27(36-24)20-3-1-4-21(13-20)28-25(32)10-11-26(33)34/h1,3-4,6-9,13,22-24,27,30-31H,2,5,10-12,14-17H2,(H,28,32)(H,33,34). The third-order valence-corrected chi connectivity index (χ3v) is 6.77. The number of carboxylic acid groups (broad SMARTS) is 1. The highest BCUT2D eigenvalue weighted by Crippen LogP contribution is 2.39. The van der Waals surface area contributed by atoms with Gasteiger partial charge in [0, 0.05) is 36.7 Å². The zero-order valence-corrected chi connectivity index (χ0v) is 20.2. The topological polar surface area (TPSA) is 129 Å². The molecular weight excluding hydrogens is 464 g/mol. The maximum Gasteiger partial charge on any atom is 0.303 e. The Balaban J connectivity index is 1.52. The second-order valence-corrected chi connectivity index (χ2v) is 9.39. The molecule has 4 rings (SSSR count). The lowest BCUT2D eigenvalue weighted by Crippen LogP contribution is -2.42. The molecule has 4 atom stereocenters. The second-order valence-electron chi connectivity index (χ2n) is 9.39. The van der Waals surface area contributed by atoms with Gasteiger partial charge >= 0.3 is 5.97 Å². The number of ether oxygens (including phenoxy) is 2. The van der Waals surface area contributed by atoms with Crippen molar-refractivity contribution in [1.82, 2.24) is 4.90 Å². The molecule has 2 heterocycles. The first-order valence-corrected chi connectivity index (χ1v) is 12.4. The number of benzene rings is 2. The van der Waals surface area contributed by atoms with Gasteiger partial charge in [0.2, 0.25) is 5.91 Å². The number of amides is 1. The zero-order valence-electron chi connectivity index (χ0n) is 20.2. The van der Waals surface area contributed by atoms with E-state index in [0.717, 1.165) is 36.1 Å². The summed E-state index contributed by atoms with van der Waals surface area (Å²) in [6.07, 6.45) is 1.30. The van der Waals surface area contributed by atoms with E-state index in [0.29, 0.717) is 18.7 Å². The first-order valence-electron chi connectivity index (χ1n) is 12.4. The zero-order chi connectivity index (χ0) is 25.5. The minimum Gasteiger partial charge on any atom is -0.481 e. The number of hydrogen-bond acceptors (Lipinski definition) is 7. The predicted molar refractivity (Wildman–Crippen MR) is 132 cm³/mol. The first-order chi connectivity index (χ1) is 17.4. The summed E-state index contributed by atoms with van der Waals surface area (Å²) in [4.78, 5) is 25.1. The Bertz CT molecular complexity index is 1030. The summed E-state index contributed by atoms with van der Waals surface area (Å²) in [6, 6.07) is 15.0. The monoisotopic (exact) mass is 498 g/mol. The lowest BCUT2D eigenvalue weighted by atomic mass is 9.99. The van der Waals surface area contributed by atoms with Gasteiger partial charge < -0.3 is 30.1 Å². The Morgan fingerprint density at radius 1 is 1.03 bits per heavy atom. The molecule has 9 nitrogen and oxygen atoms in total. The molecule has 0 aliphatic carbocycles. The number of rotatable bonds is 10. The summed E-state index contributed by atoms with van der Waals surface area (Å²) in [5.74, 6) is -1.39. The maximum absolute atomic E-state index is 12.1. The molecule has 0 radical (unpaired) electrons. The van der Waals surface area contributed by atoms with Gasteiger partial charge in [0.15, 0.2) is 6.29 Å². The Morgan fingerprint density at radius 2 is 1.83 bits per heavy atom. The highest BCUT2D eigenvalue weighted by molar-refractivity contribution is 5.92. The highest BCUT2D eigenvalue weighted by atomic mass is 16.7. The van der Waals surface area contributed by atoms with E-state index in [1.807, 2.05) is 30.3 Å². The molecule has 0 saturated carbocycles. The van der Waals surface area contributed by atoms with Gasteiger partial charge in [-0.05, 0) is 42.6 Å². The number of likely N-dealkylation sites (tertiary alicyclic amines) is 1. The molecule has 194 valence electrons. The number of nitrogens with zero attached hydrogens (tertiary/aromatic N) is 1. The van der Waals surface area contributed by atoms with Crippen molar-refractivity contribution in [3.8, 4) is 0 Å². The molecule has 2 fully saturated rings. The summed E-state index contributed by atoms with van der Waals surface area (Å²) in [7, 11) is 0. The summed E-state index contributed by atoms with van der Waals surface area (Å²) < 4.78 is 12.8. The van der Waals surface area contributed by atoms with Gasteiger partial charge in [0.1, 0.15) is 0 Å². The van der Waals surface area contributed by atoms with E-state index in [9.17, 15) is 19.8 Å². The number of anilines is 1. The lowest BCUT2D eigenvalue weighted by Gasteiger charge is -2.38. The van der Waals surface area contributed by atoms with Crippen molar-refractivity contribution in [1.29, 1.82) is 0 Å². The molecule has 9 heteroatoms. The highest BCUT2D eigenvalue weighted by Gasteiger charge is 2.35. The van der Waals surface area contributed by atoms with Crippen LogP contribution in [0.2, 0.25) is 0 Å². The summed E-state index contributed by atoms with van der Waals surface area (Å²) in [6.45, 7) is 1.71.